The summed E-state index contributed by atoms with van der Waals surface area (Å²) in [5.41, 5.74) is 5.18. The van der Waals surface area contributed by atoms with Gasteiger partial charge in [-0.05, 0) is 19.8 Å². The van der Waals surface area contributed by atoms with E-state index in [1.54, 1.807) is 0 Å². The SMILES string of the molecule is CC(Cl)C(=O)NC(=O)N1CCC(C(N)=O)CC1. The molecule has 0 spiro atoms. The van der Waals surface area contributed by atoms with Gasteiger partial charge in [0.15, 0.2) is 0 Å². The molecule has 0 aromatic rings. The third kappa shape index (κ3) is 3.89. The smallest absolute Gasteiger partial charge is 0.324 e. The molecule has 17 heavy (non-hydrogen) atoms. The standard InChI is InChI=1S/C10H16ClN3O3/c1-6(11)9(16)13-10(17)14-4-2-7(3-5-14)8(12)15/h6-7H,2-5H2,1H3,(H2,12,15)(H,13,16,17). The molecule has 1 rings (SSSR count). The van der Waals surface area contributed by atoms with Gasteiger partial charge in [0.25, 0.3) is 0 Å². The van der Waals surface area contributed by atoms with E-state index in [0.717, 1.165) is 0 Å². The van der Waals surface area contributed by atoms with Crippen molar-refractivity contribution in [1.82, 2.24) is 10.2 Å². The Morgan fingerprint density at radius 2 is 1.88 bits per heavy atom. The monoisotopic (exact) mass is 261 g/mol. The van der Waals surface area contributed by atoms with Crippen molar-refractivity contribution in [2.75, 3.05) is 13.1 Å². The van der Waals surface area contributed by atoms with E-state index in [1.807, 2.05) is 0 Å². The molecule has 0 saturated carbocycles. The highest BCUT2D eigenvalue weighted by molar-refractivity contribution is 6.31. The highest BCUT2D eigenvalue weighted by Gasteiger charge is 2.27. The van der Waals surface area contributed by atoms with Crippen molar-refractivity contribution in [3.05, 3.63) is 0 Å². The Kier molecular flexibility index (Phi) is 4.74. The lowest BCUT2D eigenvalue weighted by Crippen LogP contribution is -2.49. The molecule has 7 heteroatoms. The van der Waals surface area contributed by atoms with Gasteiger partial charge in [-0.15, -0.1) is 11.6 Å². The van der Waals surface area contributed by atoms with Gasteiger partial charge < -0.3 is 10.6 Å². The summed E-state index contributed by atoms with van der Waals surface area (Å²) in [4.78, 5) is 35.2. The number of carbonyl (C=O) groups is 3. The van der Waals surface area contributed by atoms with E-state index in [-0.39, 0.29) is 11.8 Å². The minimum atomic E-state index is -0.748. The second kappa shape index (κ2) is 5.86. The number of primary amides is 1. The fourth-order valence-corrected chi connectivity index (χ4v) is 1.71. The predicted molar refractivity (Wildman–Crippen MR) is 62.3 cm³/mol. The predicted octanol–water partition coefficient (Wildman–Crippen LogP) is 0.0472. The number of nitrogens with zero attached hydrogens (tertiary/aromatic N) is 1. The summed E-state index contributed by atoms with van der Waals surface area (Å²) in [5, 5.41) is 1.45. The van der Waals surface area contributed by atoms with Gasteiger partial charge in [-0.3, -0.25) is 14.9 Å². The van der Waals surface area contributed by atoms with E-state index < -0.39 is 17.3 Å². The fraction of sp³-hybridized carbons (Fsp3) is 0.700. The van der Waals surface area contributed by atoms with Crippen molar-refractivity contribution in [2.24, 2.45) is 11.7 Å². The summed E-state index contributed by atoms with van der Waals surface area (Å²) in [6.07, 6.45) is 1.07. The Morgan fingerprint density at radius 3 is 2.29 bits per heavy atom. The normalized spacial score (nSPS) is 18.6. The molecule has 3 N–H and O–H groups in total. The summed E-state index contributed by atoms with van der Waals surface area (Å²) in [7, 11) is 0. The van der Waals surface area contributed by atoms with E-state index in [1.165, 1.54) is 11.8 Å². The maximum Gasteiger partial charge on any atom is 0.324 e. The third-order valence-corrected chi connectivity index (χ3v) is 2.97. The number of piperidine rings is 1. The molecule has 1 aliphatic heterocycles. The van der Waals surface area contributed by atoms with Gasteiger partial charge in [-0.25, -0.2) is 4.79 Å². The lowest BCUT2D eigenvalue weighted by atomic mass is 9.96. The Bertz CT molecular complexity index is 325. The molecule has 4 amide bonds. The molecule has 1 atom stereocenters. The molecular formula is C10H16ClN3O3. The first-order chi connectivity index (χ1) is 7.91. The van der Waals surface area contributed by atoms with Gasteiger partial charge >= 0.3 is 6.03 Å². The van der Waals surface area contributed by atoms with Gasteiger partial charge in [0, 0.05) is 19.0 Å². The zero-order chi connectivity index (χ0) is 13.0. The number of hydrogen-bond donors (Lipinski definition) is 2. The third-order valence-electron chi connectivity index (χ3n) is 2.78. The van der Waals surface area contributed by atoms with Crippen LogP contribution in [-0.2, 0) is 9.59 Å². The molecular weight excluding hydrogens is 246 g/mol. The van der Waals surface area contributed by atoms with Crippen LogP contribution in [0.15, 0.2) is 0 Å². The number of nitrogens with one attached hydrogen (secondary N) is 1. The maximum absolute atomic E-state index is 11.6. The van der Waals surface area contributed by atoms with Crippen LogP contribution in [-0.4, -0.2) is 41.2 Å². The molecule has 0 aromatic heterocycles. The molecule has 1 heterocycles. The van der Waals surface area contributed by atoms with E-state index in [2.05, 4.69) is 5.32 Å². The van der Waals surface area contributed by atoms with Crippen molar-refractivity contribution in [3.8, 4) is 0 Å². The van der Waals surface area contributed by atoms with Crippen LogP contribution in [0.5, 0.6) is 0 Å². The number of urea groups is 1. The summed E-state index contributed by atoms with van der Waals surface area (Å²) in [6, 6.07) is -0.467. The largest absolute Gasteiger partial charge is 0.369 e. The molecule has 6 nitrogen and oxygen atoms in total. The van der Waals surface area contributed by atoms with Crippen molar-refractivity contribution < 1.29 is 14.4 Å². The molecule has 0 bridgehead atoms. The number of nitrogens with two attached hydrogens (primary N) is 1. The highest BCUT2D eigenvalue weighted by atomic mass is 35.5. The Balaban J connectivity index is 2.41. The molecule has 96 valence electrons. The summed E-state index contributed by atoms with van der Waals surface area (Å²) in [5.74, 6) is -1.04. The molecule has 1 saturated heterocycles. The van der Waals surface area contributed by atoms with E-state index in [9.17, 15) is 14.4 Å². The zero-order valence-electron chi connectivity index (χ0n) is 9.61. The van der Waals surface area contributed by atoms with E-state index >= 15 is 0 Å². The first-order valence-corrected chi connectivity index (χ1v) is 5.88. The molecule has 1 aliphatic rings. The highest BCUT2D eigenvalue weighted by Crippen LogP contribution is 2.16. The molecule has 1 unspecified atom stereocenters. The number of rotatable bonds is 2. The molecule has 1 fully saturated rings. The average molecular weight is 262 g/mol. The minimum Gasteiger partial charge on any atom is -0.369 e. The first-order valence-electron chi connectivity index (χ1n) is 5.45. The first kappa shape index (κ1) is 13.8. The van der Waals surface area contributed by atoms with Crippen LogP contribution in [0.25, 0.3) is 0 Å². The van der Waals surface area contributed by atoms with Crippen LogP contribution >= 0.6 is 11.6 Å². The lowest BCUT2D eigenvalue weighted by molar-refractivity contribution is -0.123. The second-order valence-corrected chi connectivity index (χ2v) is 4.73. The van der Waals surface area contributed by atoms with Gasteiger partial charge in [-0.1, -0.05) is 0 Å². The number of hydrogen-bond acceptors (Lipinski definition) is 3. The Hall–Kier alpha value is -1.30. The van der Waals surface area contributed by atoms with Gasteiger partial charge in [-0.2, -0.15) is 0 Å². The van der Waals surface area contributed by atoms with Crippen LogP contribution < -0.4 is 11.1 Å². The zero-order valence-corrected chi connectivity index (χ0v) is 10.4. The number of likely N-dealkylation sites (tertiary alicyclic amines) is 1. The van der Waals surface area contributed by atoms with Crippen molar-refractivity contribution in [3.63, 3.8) is 0 Å². The number of halogens is 1. The number of carbonyl (C=O) groups excluding carboxylic acids is 3. The van der Waals surface area contributed by atoms with Crippen LogP contribution in [0.3, 0.4) is 0 Å². The van der Waals surface area contributed by atoms with Crippen molar-refractivity contribution in [2.45, 2.75) is 25.1 Å². The summed E-state index contributed by atoms with van der Waals surface area (Å²) >= 11 is 5.53. The van der Waals surface area contributed by atoms with Crippen LogP contribution in [0.2, 0.25) is 0 Å². The Labute approximate surface area is 104 Å². The quantitative estimate of drug-likeness (QED) is 0.688. The maximum atomic E-state index is 11.6. The Morgan fingerprint density at radius 1 is 1.35 bits per heavy atom. The average Bonchev–Trinajstić information content (AvgIpc) is 2.28. The minimum absolute atomic E-state index is 0.179. The van der Waals surface area contributed by atoms with Gasteiger partial charge in [0.2, 0.25) is 11.8 Å². The number of alkyl halides is 1. The summed E-state index contributed by atoms with van der Waals surface area (Å²) in [6.45, 7) is 2.33. The van der Waals surface area contributed by atoms with Gasteiger partial charge in [0.1, 0.15) is 5.38 Å². The fourth-order valence-electron chi connectivity index (χ4n) is 1.65. The van der Waals surface area contributed by atoms with Crippen LogP contribution in [0.4, 0.5) is 4.79 Å². The van der Waals surface area contributed by atoms with Crippen LogP contribution in [0.1, 0.15) is 19.8 Å². The van der Waals surface area contributed by atoms with E-state index in [0.29, 0.717) is 25.9 Å². The molecule has 0 aromatic carbocycles. The molecule has 0 aliphatic carbocycles. The van der Waals surface area contributed by atoms with Crippen molar-refractivity contribution >= 4 is 29.4 Å². The van der Waals surface area contributed by atoms with Crippen LogP contribution in [0, 0.1) is 5.92 Å². The topological polar surface area (TPSA) is 92.5 Å². The van der Waals surface area contributed by atoms with Gasteiger partial charge in [0.05, 0.1) is 0 Å². The van der Waals surface area contributed by atoms with Crippen molar-refractivity contribution in [1.29, 1.82) is 0 Å². The summed E-state index contributed by atoms with van der Waals surface area (Å²) < 4.78 is 0. The second-order valence-electron chi connectivity index (χ2n) is 4.07. The van der Waals surface area contributed by atoms with E-state index in [4.69, 9.17) is 17.3 Å². The molecule has 0 radical (unpaired) electrons. The lowest BCUT2D eigenvalue weighted by Gasteiger charge is -2.30. The number of amides is 4. The number of imide groups is 1.